The Morgan fingerprint density at radius 2 is 1.91 bits per heavy atom. The molecule has 23 heavy (non-hydrogen) atoms. The van der Waals surface area contributed by atoms with E-state index < -0.39 is 14.9 Å². The molecule has 1 aromatic rings. The molecule has 0 aliphatic carbocycles. The van der Waals surface area contributed by atoms with E-state index in [2.05, 4.69) is 9.62 Å². The second-order valence-electron chi connectivity index (χ2n) is 6.03. The average molecular weight is 341 g/mol. The molecule has 1 N–H and O–H groups in total. The minimum absolute atomic E-state index is 0.165. The molecule has 0 radical (unpaired) electrons. The zero-order valence-corrected chi connectivity index (χ0v) is 14.1. The Kier molecular flexibility index (Phi) is 6.09. The number of hydrogen-bond donors (Lipinski definition) is 1. The summed E-state index contributed by atoms with van der Waals surface area (Å²) in [6.07, 6.45) is 3.53. The number of para-hydroxylation sites is 1. The average Bonchev–Trinajstić information content (AvgIpc) is 2.47. The van der Waals surface area contributed by atoms with Gasteiger partial charge in [-0.2, -0.15) is 0 Å². The number of benzene rings is 1. The summed E-state index contributed by atoms with van der Waals surface area (Å²) >= 11 is 0. The monoisotopic (exact) mass is 341 g/mol. The smallest absolute Gasteiger partial charge is 0.273 e. The molecule has 1 saturated heterocycles. The van der Waals surface area contributed by atoms with Crippen LogP contribution in [-0.4, -0.2) is 43.9 Å². The lowest BCUT2D eigenvalue weighted by atomic mass is 10.1. The number of hydrogen-bond acceptors (Lipinski definition) is 5. The summed E-state index contributed by atoms with van der Waals surface area (Å²) in [6.45, 7) is 4.48. The van der Waals surface area contributed by atoms with Crippen molar-refractivity contribution < 1.29 is 13.3 Å². The standard InChI is InChI=1S/C15H23N3O4S/c1-13(11-17-9-5-2-6-10-17)16-23(21,22)12-14-7-3-4-8-15(14)18(19)20/h3-4,7-8,13,16H,2,5-6,9-12H2,1H3/t13-/m1/s1. The molecule has 0 bridgehead atoms. The van der Waals surface area contributed by atoms with E-state index in [1.165, 1.54) is 24.6 Å². The third-order valence-electron chi connectivity index (χ3n) is 3.90. The summed E-state index contributed by atoms with van der Waals surface area (Å²) in [5.41, 5.74) is 0.0386. The van der Waals surface area contributed by atoms with Crippen molar-refractivity contribution in [3.8, 4) is 0 Å². The van der Waals surface area contributed by atoms with Crippen LogP contribution in [-0.2, 0) is 15.8 Å². The van der Waals surface area contributed by atoms with Gasteiger partial charge in [-0.15, -0.1) is 0 Å². The number of nitro benzene ring substituents is 1. The van der Waals surface area contributed by atoms with E-state index in [-0.39, 0.29) is 23.0 Å². The lowest BCUT2D eigenvalue weighted by molar-refractivity contribution is -0.385. The van der Waals surface area contributed by atoms with E-state index in [9.17, 15) is 18.5 Å². The Morgan fingerprint density at radius 1 is 1.26 bits per heavy atom. The number of nitro groups is 1. The third kappa shape index (κ3) is 5.56. The normalized spacial score (nSPS) is 17.8. The summed E-state index contributed by atoms with van der Waals surface area (Å²) in [7, 11) is -3.62. The predicted octanol–water partition coefficient (Wildman–Crippen LogP) is 1.89. The molecule has 0 amide bonds. The predicted molar refractivity (Wildman–Crippen MR) is 88.6 cm³/mol. The van der Waals surface area contributed by atoms with Gasteiger partial charge in [-0.3, -0.25) is 10.1 Å². The second-order valence-corrected chi connectivity index (χ2v) is 7.78. The quantitative estimate of drug-likeness (QED) is 0.604. The summed E-state index contributed by atoms with van der Waals surface area (Å²) in [5, 5.41) is 11.0. The maximum Gasteiger partial charge on any atom is 0.273 e. The molecule has 128 valence electrons. The molecule has 1 aliphatic rings. The SMILES string of the molecule is C[C@H](CN1CCCCC1)NS(=O)(=O)Cc1ccccc1[N+](=O)[O-]. The van der Waals surface area contributed by atoms with Crippen LogP contribution in [0.5, 0.6) is 0 Å². The van der Waals surface area contributed by atoms with Gasteiger partial charge in [-0.25, -0.2) is 13.1 Å². The van der Waals surface area contributed by atoms with Crippen LogP contribution >= 0.6 is 0 Å². The van der Waals surface area contributed by atoms with Gasteiger partial charge in [0, 0.05) is 24.2 Å². The first kappa shape index (κ1) is 17.8. The van der Waals surface area contributed by atoms with Gasteiger partial charge in [-0.1, -0.05) is 24.6 Å². The minimum atomic E-state index is -3.62. The topological polar surface area (TPSA) is 92.6 Å². The maximum absolute atomic E-state index is 12.3. The van der Waals surface area contributed by atoms with Crippen LogP contribution in [0.4, 0.5) is 5.69 Å². The Morgan fingerprint density at radius 3 is 2.57 bits per heavy atom. The molecule has 0 spiro atoms. The lowest BCUT2D eigenvalue weighted by Gasteiger charge is -2.29. The summed E-state index contributed by atoms with van der Waals surface area (Å²) in [4.78, 5) is 12.7. The first-order valence-electron chi connectivity index (χ1n) is 7.82. The molecular weight excluding hydrogens is 318 g/mol. The molecule has 1 fully saturated rings. The fourth-order valence-corrected chi connectivity index (χ4v) is 4.35. The first-order chi connectivity index (χ1) is 10.9. The van der Waals surface area contributed by atoms with Gasteiger partial charge in [0.2, 0.25) is 10.0 Å². The van der Waals surface area contributed by atoms with Gasteiger partial charge in [0.25, 0.3) is 5.69 Å². The van der Waals surface area contributed by atoms with Crippen LogP contribution in [0.15, 0.2) is 24.3 Å². The molecular formula is C15H23N3O4S. The van der Waals surface area contributed by atoms with Crippen molar-refractivity contribution in [2.45, 2.75) is 38.0 Å². The van der Waals surface area contributed by atoms with E-state index in [0.29, 0.717) is 6.54 Å². The highest BCUT2D eigenvalue weighted by Crippen LogP contribution is 2.20. The van der Waals surface area contributed by atoms with Crippen LogP contribution < -0.4 is 4.72 Å². The van der Waals surface area contributed by atoms with E-state index in [1.54, 1.807) is 6.07 Å². The molecule has 1 aliphatic heterocycles. The highest BCUT2D eigenvalue weighted by Gasteiger charge is 2.22. The number of sulfonamides is 1. The minimum Gasteiger partial charge on any atom is -0.302 e. The number of nitrogens with zero attached hydrogens (tertiary/aromatic N) is 2. The van der Waals surface area contributed by atoms with Crippen molar-refractivity contribution >= 4 is 15.7 Å². The molecule has 1 aromatic carbocycles. The Bertz CT molecular complexity index is 642. The van der Waals surface area contributed by atoms with Crippen LogP contribution in [0, 0.1) is 10.1 Å². The van der Waals surface area contributed by atoms with Crippen molar-refractivity contribution in [3.05, 3.63) is 39.9 Å². The number of likely N-dealkylation sites (tertiary alicyclic amines) is 1. The van der Waals surface area contributed by atoms with Crippen molar-refractivity contribution in [1.82, 2.24) is 9.62 Å². The van der Waals surface area contributed by atoms with Gasteiger partial charge in [-0.05, 0) is 32.9 Å². The van der Waals surface area contributed by atoms with Crippen molar-refractivity contribution in [1.29, 1.82) is 0 Å². The summed E-state index contributed by atoms with van der Waals surface area (Å²) < 4.78 is 27.2. The van der Waals surface area contributed by atoms with Crippen LogP contribution in [0.2, 0.25) is 0 Å². The van der Waals surface area contributed by atoms with E-state index in [1.807, 2.05) is 6.92 Å². The van der Waals surface area contributed by atoms with Crippen LogP contribution in [0.25, 0.3) is 0 Å². The zero-order chi connectivity index (χ0) is 16.9. The highest BCUT2D eigenvalue weighted by atomic mass is 32.2. The van der Waals surface area contributed by atoms with Gasteiger partial charge in [0.15, 0.2) is 0 Å². The highest BCUT2D eigenvalue weighted by molar-refractivity contribution is 7.88. The fraction of sp³-hybridized carbons (Fsp3) is 0.600. The first-order valence-corrected chi connectivity index (χ1v) is 9.47. The largest absolute Gasteiger partial charge is 0.302 e. The van der Waals surface area contributed by atoms with Crippen molar-refractivity contribution in [2.75, 3.05) is 19.6 Å². The number of rotatable bonds is 7. The molecule has 7 nitrogen and oxygen atoms in total. The maximum atomic E-state index is 12.3. The Balaban J connectivity index is 1.97. The molecule has 2 rings (SSSR count). The Hall–Kier alpha value is -1.51. The number of nitrogens with one attached hydrogen (secondary N) is 1. The van der Waals surface area contributed by atoms with Crippen LogP contribution in [0.1, 0.15) is 31.7 Å². The fourth-order valence-electron chi connectivity index (χ4n) is 2.93. The molecule has 1 heterocycles. The zero-order valence-electron chi connectivity index (χ0n) is 13.3. The van der Waals surface area contributed by atoms with Crippen molar-refractivity contribution in [3.63, 3.8) is 0 Å². The van der Waals surface area contributed by atoms with Gasteiger partial charge in [0.1, 0.15) is 0 Å². The summed E-state index contributed by atoms with van der Waals surface area (Å²) in [5.74, 6) is -0.380. The number of piperidine rings is 1. The Labute approximate surface area is 136 Å². The molecule has 8 heteroatoms. The molecule has 0 unspecified atom stereocenters. The van der Waals surface area contributed by atoms with E-state index in [0.717, 1.165) is 25.9 Å². The molecule has 0 aromatic heterocycles. The van der Waals surface area contributed by atoms with Gasteiger partial charge >= 0.3 is 0 Å². The second kappa shape index (κ2) is 7.85. The third-order valence-corrected chi connectivity index (χ3v) is 5.35. The van der Waals surface area contributed by atoms with E-state index in [4.69, 9.17) is 0 Å². The molecule has 1 atom stereocenters. The van der Waals surface area contributed by atoms with Gasteiger partial charge < -0.3 is 4.90 Å². The van der Waals surface area contributed by atoms with E-state index >= 15 is 0 Å². The van der Waals surface area contributed by atoms with Crippen LogP contribution in [0.3, 0.4) is 0 Å². The molecule has 0 saturated carbocycles. The summed E-state index contributed by atoms with van der Waals surface area (Å²) in [6, 6.07) is 5.71. The van der Waals surface area contributed by atoms with Crippen molar-refractivity contribution in [2.24, 2.45) is 0 Å². The lowest BCUT2D eigenvalue weighted by Crippen LogP contribution is -2.43. The van der Waals surface area contributed by atoms with Gasteiger partial charge in [0.05, 0.1) is 10.7 Å².